The zero-order valence-corrected chi connectivity index (χ0v) is 16.2. The van der Waals surface area contributed by atoms with Crippen LogP contribution in [0.1, 0.15) is 19.3 Å². The molecule has 1 saturated heterocycles. The number of anilines is 1. The number of hydrogen-bond donors (Lipinski definition) is 3. The van der Waals surface area contributed by atoms with E-state index in [1.165, 1.54) is 0 Å². The van der Waals surface area contributed by atoms with Gasteiger partial charge in [-0.2, -0.15) is 0 Å². The summed E-state index contributed by atoms with van der Waals surface area (Å²) in [5, 5.41) is 4.87. The molecular weight excluding hydrogens is 376 g/mol. The summed E-state index contributed by atoms with van der Waals surface area (Å²) in [6, 6.07) is 7.71. The fourth-order valence-electron chi connectivity index (χ4n) is 3.80. The lowest BCUT2D eigenvalue weighted by molar-refractivity contribution is 0.171. The van der Waals surface area contributed by atoms with Crippen LogP contribution >= 0.6 is 11.6 Å². The van der Waals surface area contributed by atoms with Crippen LogP contribution in [-0.2, 0) is 0 Å². The second kappa shape index (κ2) is 8.06. The van der Waals surface area contributed by atoms with Gasteiger partial charge in [0.25, 0.3) is 0 Å². The van der Waals surface area contributed by atoms with Crippen molar-refractivity contribution in [3.63, 3.8) is 0 Å². The zero-order chi connectivity index (χ0) is 19.5. The number of primary amides is 1. The topological polar surface area (TPSA) is 99.9 Å². The smallest absolute Gasteiger partial charge is 0.314 e. The van der Waals surface area contributed by atoms with Gasteiger partial charge in [-0.1, -0.05) is 29.8 Å². The normalized spacial score (nSPS) is 17.0. The average Bonchev–Trinajstić information content (AvgIpc) is 3.13. The molecule has 0 radical (unpaired) electrons. The third kappa shape index (κ3) is 3.89. The summed E-state index contributed by atoms with van der Waals surface area (Å²) in [6.45, 7) is 2.21. The number of carbonyl (C=O) groups is 1. The third-order valence-electron chi connectivity index (χ3n) is 5.25. The second-order valence-electron chi connectivity index (χ2n) is 7.15. The number of nitrogens with one attached hydrogen (secondary N) is 2. The number of H-pyrrole nitrogens is 1. The number of halogens is 1. The summed E-state index contributed by atoms with van der Waals surface area (Å²) in [5.74, 6) is 0.987. The molecule has 4 rings (SSSR count). The number of benzene rings is 1. The SMILES string of the molecule is NC(=O)N1CCCC(CCNc2ncc(Cl)c(-c3c[nH]c4ccccc34)n2)C1. The van der Waals surface area contributed by atoms with Crippen LogP contribution < -0.4 is 11.1 Å². The Morgan fingerprint density at radius 3 is 3.11 bits per heavy atom. The van der Waals surface area contributed by atoms with Gasteiger partial charge in [0.05, 0.1) is 16.9 Å². The van der Waals surface area contributed by atoms with Crippen LogP contribution in [-0.4, -0.2) is 45.5 Å². The van der Waals surface area contributed by atoms with Crippen LogP contribution in [0, 0.1) is 5.92 Å². The highest BCUT2D eigenvalue weighted by molar-refractivity contribution is 6.33. The Hall–Kier alpha value is -2.80. The van der Waals surface area contributed by atoms with Gasteiger partial charge in [-0.3, -0.25) is 0 Å². The predicted molar refractivity (Wildman–Crippen MR) is 111 cm³/mol. The van der Waals surface area contributed by atoms with E-state index < -0.39 is 0 Å². The number of nitrogens with two attached hydrogens (primary N) is 1. The van der Waals surface area contributed by atoms with Gasteiger partial charge in [0.2, 0.25) is 5.95 Å². The van der Waals surface area contributed by atoms with Crippen molar-refractivity contribution < 1.29 is 4.79 Å². The maximum Gasteiger partial charge on any atom is 0.314 e. The van der Waals surface area contributed by atoms with Crippen molar-refractivity contribution in [2.24, 2.45) is 11.7 Å². The number of nitrogens with zero attached hydrogens (tertiary/aromatic N) is 3. The number of hydrogen-bond acceptors (Lipinski definition) is 4. The average molecular weight is 399 g/mol. The molecule has 8 heteroatoms. The second-order valence-corrected chi connectivity index (χ2v) is 7.55. The first kappa shape index (κ1) is 18.6. The largest absolute Gasteiger partial charge is 0.360 e. The fourth-order valence-corrected chi connectivity index (χ4v) is 3.99. The minimum Gasteiger partial charge on any atom is -0.360 e. The van der Waals surface area contributed by atoms with Gasteiger partial charge >= 0.3 is 6.03 Å². The molecule has 1 aliphatic rings. The Balaban J connectivity index is 1.44. The van der Waals surface area contributed by atoms with E-state index in [4.69, 9.17) is 17.3 Å². The van der Waals surface area contributed by atoms with Gasteiger partial charge < -0.3 is 20.9 Å². The molecule has 0 aliphatic carbocycles. The quantitative estimate of drug-likeness (QED) is 0.607. The first-order valence-corrected chi connectivity index (χ1v) is 9.87. The number of fused-ring (bicyclic) bond motifs is 1. The lowest BCUT2D eigenvalue weighted by Gasteiger charge is -2.31. The molecule has 1 fully saturated rings. The van der Waals surface area contributed by atoms with E-state index in [1.807, 2.05) is 30.5 Å². The molecule has 1 unspecified atom stereocenters. The van der Waals surface area contributed by atoms with Crippen molar-refractivity contribution in [2.75, 3.05) is 25.0 Å². The molecule has 0 saturated carbocycles. The highest BCUT2D eigenvalue weighted by atomic mass is 35.5. The van der Waals surface area contributed by atoms with E-state index in [0.717, 1.165) is 55.4 Å². The van der Waals surface area contributed by atoms with Crippen LogP contribution in [0.3, 0.4) is 0 Å². The molecule has 146 valence electrons. The first-order valence-electron chi connectivity index (χ1n) is 9.49. The molecule has 3 aromatic rings. The van der Waals surface area contributed by atoms with Crippen molar-refractivity contribution in [2.45, 2.75) is 19.3 Å². The molecule has 1 atom stereocenters. The van der Waals surface area contributed by atoms with E-state index in [0.29, 0.717) is 22.6 Å². The number of aromatic nitrogens is 3. The van der Waals surface area contributed by atoms with Gasteiger partial charge in [0.1, 0.15) is 0 Å². The Morgan fingerprint density at radius 2 is 2.25 bits per heavy atom. The number of amides is 2. The Bertz CT molecular complexity index is 988. The van der Waals surface area contributed by atoms with E-state index in [2.05, 4.69) is 20.3 Å². The predicted octanol–water partition coefficient (Wildman–Crippen LogP) is 3.87. The van der Waals surface area contributed by atoms with Crippen molar-refractivity contribution in [3.8, 4) is 11.3 Å². The van der Waals surface area contributed by atoms with Gasteiger partial charge in [-0.15, -0.1) is 0 Å². The highest BCUT2D eigenvalue weighted by Crippen LogP contribution is 2.32. The van der Waals surface area contributed by atoms with Gasteiger partial charge in [-0.05, 0) is 31.2 Å². The molecule has 3 heterocycles. The van der Waals surface area contributed by atoms with Crippen LogP contribution in [0.25, 0.3) is 22.2 Å². The van der Waals surface area contributed by atoms with Gasteiger partial charge in [-0.25, -0.2) is 14.8 Å². The number of piperidine rings is 1. The molecule has 7 nitrogen and oxygen atoms in total. The number of aromatic amines is 1. The van der Waals surface area contributed by atoms with Crippen molar-refractivity contribution in [3.05, 3.63) is 41.7 Å². The number of rotatable bonds is 5. The maximum atomic E-state index is 11.4. The lowest BCUT2D eigenvalue weighted by atomic mass is 9.95. The number of carbonyl (C=O) groups excluding carboxylic acids is 1. The van der Waals surface area contributed by atoms with Crippen molar-refractivity contribution in [1.82, 2.24) is 19.9 Å². The standard InChI is InChI=1S/C20H23ClN6O/c21-16-11-25-20(23-8-7-13-4-3-9-27(12-13)19(22)28)26-18(16)15-10-24-17-6-2-1-5-14(15)17/h1-2,5-6,10-11,13,24H,3-4,7-9,12H2,(H2,22,28)(H,23,25,26). The summed E-state index contributed by atoms with van der Waals surface area (Å²) < 4.78 is 0. The minimum atomic E-state index is -0.331. The molecule has 2 amide bonds. The summed E-state index contributed by atoms with van der Waals surface area (Å²) in [5.41, 5.74) is 8.10. The van der Waals surface area contributed by atoms with E-state index in [1.54, 1.807) is 11.1 Å². The number of urea groups is 1. The zero-order valence-electron chi connectivity index (χ0n) is 15.5. The van der Waals surface area contributed by atoms with E-state index in [-0.39, 0.29) is 6.03 Å². The van der Waals surface area contributed by atoms with Crippen molar-refractivity contribution in [1.29, 1.82) is 0 Å². The molecule has 2 aromatic heterocycles. The third-order valence-corrected chi connectivity index (χ3v) is 5.53. The summed E-state index contributed by atoms with van der Waals surface area (Å²) in [4.78, 5) is 25.3. The first-order chi connectivity index (χ1) is 13.6. The van der Waals surface area contributed by atoms with Crippen LogP contribution in [0.2, 0.25) is 5.02 Å². The van der Waals surface area contributed by atoms with Crippen molar-refractivity contribution >= 4 is 34.5 Å². The number of para-hydroxylation sites is 1. The lowest BCUT2D eigenvalue weighted by Crippen LogP contribution is -2.43. The van der Waals surface area contributed by atoms with Crippen LogP contribution in [0.4, 0.5) is 10.7 Å². The molecule has 0 bridgehead atoms. The summed E-state index contributed by atoms with van der Waals surface area (Å²) in [7, 11) is 0. The molecule has 28 heavy (non-hydrogen) atoms. The Labute approximate surface area is 168 Å². The molecule has 0 spiro atoms. The molecule has 4 N–H and O–H groups in total. The number of likely N-dealkylation sites (tertiary alicyclic amines) is 1. The van der Waals surface area contributed by atoms with E-state index in [9.17, 15) is 4.79 Å². The summed E-state index contributed by atoms with van der Waals surface area (Å²) in [6.07, 6.45) is 6.58. The van der Waals surface area contributed by atoms with E-state index >= 15 is 0 Å². The summed E-state index contributed by atoms with van der Waals surface area (Å²) >= 11 is 6.37. The van der Waals surface area contributed by atoms with Crippen LogP contribution in [0.5, 0.6) is 0 Å². The molecule has 1 aromatic carbocycles. The molecular formula is C20H23ClN6O. The Morgan fingerprint density at radius 1 is 1.39 bits per heavy atom. The highest BCUT2D eigenvalue weighted by Gasteiger charge is 2.21. The monoisotopic (exact) mass is 398 g/mol. The van der Waals surface area contributed by atoms with Gasteiger partial charge in [0, 0.05) is 42.3 Å². The fraction of sp³-hybridized carbons (Fsp3) is 0.350. The maximum absolute atomic E-state index is 11.4. The minimum absolute atomic E-state index is 0.331. The Kier molecular flexibility index (Phi) is 5.34. The molecule has 1 aliphatic heterocycles. The van der Waals surface area contributed by atoms with Gasteiger partial charge in [0.15, 0.2) is 0 Å². The van der Waals surface area contributed by atoms with Crippen LogP contribution in [0.15, 0.2) is 36.7 Å².